The Morgan fingerprint density at radius 3 is 2.70 bits per heavy atom. The highest BCUT2D eigenvalue weighted by Crippen LogP contribution is 2.39. The molecule has 0 radical (unpaired) electrons. The Hall–Kier alpha value is -1.57. The van der Waals surface area contributed by atoms with Crippen LogP contribution < -0.4 is 10.6 Å². The lowest BCUT2D eigenvalue weighted by molar-refractivity contribution is -0.127. The van der Waals surface area contributed by atoms with Gasteiger partial charge in [-0.15, -0.1) is 10.2 Å². The van der Waals surface area contributed by atoms with E-state index in [0.29, 0.717) is 12.5 Å². The monoisotopic (exact) mass is 339 g/mol. The van der Waals surface area contributed by atoms with E-state index in [1.54, 1.807) is 6.92 Å². The zero-order valence-electron chi connectivity index (χ0n) is 14.0. The molecule has 7 nitrogen and oxygen atoms in total. The fraction of sp³-hybridized carbons (Fsp3) is 0.733. The predicted molar refractivity (Wildman–Crippen MR) is 89.3 cm³/mol. The van der Waals surface area contributed by atoms with Crippen LogP contribution in [-0.4, -0.2) is 44.9 Å². The van der Waals surface area contributed by atoms with Crippen molar-refractivity contribution in [3.8, 4) is 0 Å². The SMILES string of the molecule is CCCNC(=O)[C@@H](C)NC(=O)CSc1nnc(C2CC2)n1CC. The van der Waals surface area contributed by atoms with Gasteiger partial charge in [0.15, 0.2) is 5.16 Å². The van der Waals surface area contributed by atoms with E-state index in [2.05, 4.69) is 32.3 Å². The van der Waals surface area contributed by atoms with Gasteiger partial charge in [0.2, 0.25) is 11.8 Å². The molecule has 1 heterocycles. The van der Waals surface area contributed by atoms with Gasteiger partial charge in [-0.3, -0.25) is 9.59 Å². The third kappa shape index (κ3) is 4.95. The molecule has 1 aliphatic carbocycles. The third-order valence-corrected chi connectivity index (χ3v) is 4.62. The van der Waals surface area contributed by atoms with Crippen LogP contribution in [0.1, 0.15) is 51.8 Å². The highest BCUT2D eigenvalue weighted by atomic mass is 32.2. The lowest BCUT2D eigenvalue weighted by Gasteiger charge is -2.13. The van der Waals surface area contributed by atoms with Gasteiger partial charge in [0.1, 0.15) is 11.9 Å². The number of carbonyl (C=O) groups is 2. The number of thioether (sulfide) groups is 1. The molecule has 1 saturated carbocycles. The van der Waals surface area contributed by atoms with Gasteiger partial charge in [0.25, 0.3) is 0 Å². The van der Waals surface area contributed by atoms with Gasteiger partial charge in [0.05, 0.1) is 5.75 Å². The summed E-state index contributed by atoms with van der Waals surface area (Å²) in [6.45, 7) is 7.16. The molecule has 23 heavy (non-hydrogen) atoms. The van der Waals surface area contributed by atoms with Crippen LogP contribution in [0.3, 0.4) is 0 Å². The lowest BCUT2D eigenvalue weighted by Crippen LogP contribution is -2.45. The molecule has 1 aliphatic rings. The second kappa shape index (κ2) is 8.33. The summed E-state index contributed by atoms with van der Waals surface area (Å²) in [5.74, 6) is 1.47. The predicted octanol–water partition coefficient (Wildman–Crippen LogP) is 1.30. The van der Waals surface area contributed by atoms with Crippen LogP contribution in [0, 0.1) is 0 Å². The summed E-state index contributed by atoms with van der Waals surface area (Å²) >= 11 is 1.36. The molecule has 2 amide bonds. The topological polar surface area (TPSA) is 88.9 Å². The van der Waals surface area contributed by atoms with Crippen molar-refractivity contribution in [1.29, 1.82) is 0 Å². The Bertz CT molecular complexity index is 556. The summed E-state index contributed by atoms with van der Waals surface area (Å²) in [7, 11) is 0. The first-order chi connectivity index (χ1) is 11.1. The van der Waals surface area contributed by atoms with E-state index in [0.717, 1.165) is 23.9 Å². The van der Waals surface area contributed by atoms with Crippen LogP contribution in [0.5, 0.6) is 0 Å². The van der Waals surface area contributed by atoms with Crippen molar-refractivity contribution in [2.75, 3.05) is 12.3 Å². The lowest BCUT2D eigenvalue weighted by atomic mass is 10.3. The minimum Gasteiger partial charge on any atom is -0.354 e. The number of nitrogens with one attached hydrogen (secondary N) is 2. The number of nitrogens with zero attached hydrogens (tertiary/aromatic N) is 3. The van der Waals surface area contributed by atoms with Gasteiger partial charge in [0, 0.05) is 19.0 Å². The molecule has 2 N–H and O–H groups in total. The Kier molecular flexibility index (Phi) is 6.44. The second-order valence-corrected chi connectivity index (χ2v) is 6.67. The second-order valence-electron chi connectivity index (χ2n) is 5.73. The Morgan fingerprint density at radius 1 is 1.35 bits per heavy atom. The zero-order chi connectivity index (χ0) is 16.8. The van der Waals surface area contributed by atoms with E-state index >= 15 is 0 Å². The summed E-state index contributed by atoms with van der Waals surface area (Å²) in [4.78, 5) is 23.7. The third-order valence-electron chi connectivity index (χ3n) is 3.66. The van der Waals surface area contributed by atoms with Gasteiger partial charge < -0.3 is 15.2 Å². The molecule has 128 valence electrons. The largest absolute Gasteiger partial charge is 0.354 e. The van der Waals surface area contributed by atoms with E-state index < -0.39 is 6.04 Å². The molecule has 0 aliphatic heterocycles. The number of hydrogen-bond acceptors (Lipinski definition) is 5. The van der Waals surface area contributed by atoms with Crippen molar-refractivity contribution in [1.82, 2.24) is 25.4 Å². The molecule has 2 rings (SSSR count). The Morgan fingerprint density at radius 2 is 2.09 bits per heavy atom. The van der Waals surface area contributed by atoms with Crippen LogP contribution >= 0.6 is 11.8 Å². The van der Waals surface area contributed by atoms with Crippen molar-refractivity contribution in [2.45, 2.75) is 63.7 Å². The molecule has 0 bridgehead atoms. The molecule has 0 aromatic carbocycles. The normalized spacial score (nSPS) is 15.3. The zero-order valence-corrected chi connectivity index (χ0v) is 14.8. The molecule has 1 atom stereocenters. The van der Waals surface area contributed by atoms with E-state index in [1.165, 1.54) is 24.6 Å². The van der Waals surface area contributed by atoms with Crippen molar-refractivity contribution in [3.05, 3.63) is 5.82 Å². The quantitative estimate of drug-likeness (QED) is 0.662. The molecular formula is C15H25N5O2S. The first-order valence-corrected chi connectivity index (χ1v) is 9.18. The summed E-state index contributed by atoms with van der Waals surface area (Å²) in [6, 6.07) is -0.527. The van der Waals surface area contributed by atoms with Crippen LogP contribution in [0.25, 0.3) is 0 Å². The molecule has 1 aromatic heterocycles. The highest BCUT2D eigenvalue weighted by molar-refractivity contribution is 7.99. The number of rotatable bonds is 9. The van der Waals surface area contributed by atoms with Gasteiger partial charge in [-0.05, 0) is 33.1 Å². The molecular weight excluding hydrogens is 314 g/mol. The van der Waals surface area contributed by atoms with E-state index in [9.17, 15) is 9.59 Å². The van der Waals surface area contributed by atoms with Gasteiger partial charge in [-0.1, -0.05) is 18.7 Å². The van der Waals surface area contributed by atoms with Gasteiger partial charge >= 0.3 is 0 Å². The molecule has 0 spiro atoms. The fourth-order valence-electron chi connectivity index (χ4n) is 2.23. The maximum Gasteiger partial charge on any atom is 0.242 e. The summed E-state index contributed by atoms with van der Waals surface area (Å²) < 4.78 is 2.08. The number of aromatic nitrogens is 3. The smallest absolute Gasteiger partial charge is 0.242 e. The van der Waals surface area contributed by atoms with Crippen LogP contribution in [-0.2, 0) is 16.1 Å². The van der Waals surface area contributed by atoms with Crippen LogP contribution in [0.15, 0.2) is 5.16 Å². The maximum absolute atomic E-state index is 12.0. The fourth-order valence-corrected chi connectivity index (χ4v) is 3.05. The van der Waals surface area contributed by atoms with Crippen molar-refractivity contribution in [3.63, 3.8) is 0 Å². The van der Waals surface area contributed by atoms with Gasteiger partial charge in [-0.25, -0.2) is 0 Å². The average molecular weight is 339 g/mol. The van der Waals surface area contributed by atoms with Crippen LogP contribution in [0.4, 0.5) is 0 Å². The molecule has 0 unspecified atom stereocenters. The minimum absolute atomic E-state index is 0.155. The average Bonchev–Trinajstić information content (AvgIpc) is 3.30. The standard InChI is InChI=1S/C15H25N5O2S/c1-4-8-16-14(22)10(3)17-12(21)9-23-15-19-18-13(11-6-7-11)20(15)5-2/h10-11H,4-9H2,1-3H3,(H,16,22)(H,17,21)/t10-/m1/s1. The number of hydrogen-bond donors (Lipinski definition) is 2. The van der Waals surface area contributed by atoms with Crippen LogP contribution in [0.2, 0.25) is 0 Å². The molecule has 1 fully saturated rings. The van der Waals surface area contributed by atoms with E-state index in [1.807, 2.05) is 6.92 Å². The number of carbonyl (C=O) groups excluding carboxylic acids is 2. The minimum atomic E-state index is -0.527. The highest BCUT2D eigenvalue weighted by Gasteiger charge is 2.30. The van der Waals surface area contributed by atoms with E-state index in [4.69, 9.17) is 0 Å². The maximum atomic E-state index is 12.0. The first-order valence-electron chi connectivity index (χ1n) is 8.19. The number of amides is 2. The van der Waals surface area contributed by atoms with Gasteiger partial charge in [-0.2, -0.15) is 0 Å². The Balaban J connectivity index is 1.81. The molecule has 0 saturated heterocycles. The molecule has 8 heteroatoms. The van der Waals surface area contributed by atoms with E-state index in [-0.39, 0.29) is 17.6 Å². The summed E-state index contributed by atoms with van der Waals surface area (Å²) in [5, 5.41) is 14.7. The summed E-state index contributed by atoms with van der Waals surface area (Å²) in [5.41, 5.74) is 0. The van der Waals surface area contributed by atoms with Crippen molar-refractivity contribution < 1.29 is 9.59 Å². The Labute approximate surface area is 141 Å². The summed E-state index contributed by atoms with van der Waals surface area (Å²) in [6.07, 6.45) is 3.22. The first kappa shape index (κ1) is 17.8. The van der Waals surface area contributed by atoms with Crippen molar-refractivity contribution >= 4 is 23.6 Å². The van der Waals surface area contributed by atoms with Crippen molar-refractivity contribution in [2.24, 2.45) is 0 Å². The molecule has 1 aromatic rings.